The fourth-order valence-electron chi connectivity index (χ4n) is 3.03. The Hall–Kier alpha value is -3.53. The van der Waals surface area contributed by atoms with Crippen LogP contribution in [0.4, 0.5) is 30.4 Å². The monoisotopic (exact) mass is 421 g/mol. The van der Waals surface area contributed by atoms with Crippen molar-refractivity contribution in [3.63, 3.8) is 0 Å². The van der Waals surface area contributed by atoms with E-state index in [1.54, 1.807) is 0 Å². The maximum Gasteiger partial charge on any atom is 0.231 e. The van der Waals surface area contributed by atoms with Gasteiger partial charge in [-0.25, -0.2) is 13.2 Å². The van der Waals surface area contributed by atoms with Crippen LogP contribution in [0.2, 0.25) is 0 Å². The summed E-state index contributed by atoms with van der Waals surface area (Å²) < 4.78 is 48.1. The van der Waals surface area contributed by atoms with Gasteiger partial charge in [-0.3, -0.25) is 14.9 Å². The molecule has 0 spiro atoms. The van der Waals surface area contributed by atoms with Gasteiger partial charge in [-0.2, -0.15) is 0 Å². The van der Waals surface area contributed by atoms with Crippen LogP contribution in [0.15, 0.2) is 33.5 Å². The summed E-state index contributed by atoms with van der Waals surface area (Å²) in [5.41, 5.74) is 3.31. The number of nitrogen functional groups attached to an aromatic ring is 1. The van der Waals surface area contributed by atoms with Crippen LogP contribution in [0.25, 0.3) is 11.0 Å². The molecule has 0 atom stereocenters. The third kappa shape index (κ3) is 3.81. The normalized spacial score (nSPS) is 11.0. The van der Waals surface area contributed by atoms with Crippen LogP contribution in [0, 0.1) is 17.5 Å². The number of rotatable bonds is 5. The van der Waals surface area contributed by atoms with E-state index < -0.39 is 46.5 Å². The lowest BCUT2D eigenvalue weighted by Crippen LogP contribution is -2.19. The summed E-state index contributed by atoms with van der Waals surface area (Å²) in [6.45, 7) is -0.961. The van der Waals surface area contributed by atoms with Crippen molar-refractivity contribution in [1.29, 1.82) is 0 Å². The van der Waals surface area contributed by atoms with E-state index in [4.69, 9.17) is 10.2 Å². The van der Waals surface area contributed by atoms with Gasteiger partial charge in [0, 0.05) is 20.2 Å². The summed E-state index contributed by atoms with van der Waals surface area (Å²) in [6, 6.07) is 4.73. The number of nitrogens with two attached hydrogens (primary N) is 1. The molecule has 158 valence electrons. The van der Waals surface area contributed by atoms with Gasteiger partial charge in [0.25, 0.3) is 0 Å². The van der Waals surface area contributed by atoms with E-state index in [2.05, 4.69) is 5.32 Å². The summed E-state index contributed by atoms with van der Waals surface area (Å²) in [7, 11) is 2.88. The number of nitrogens with zero attached hydrogens (tertiary/aromatic N) is 1. The highest BCUT2D eigenvalue weighted by Gasteiger charge is 2.25. The number of hydrogen-bond acceptors (Lipinski definition) is 6. The zero-order chi connectivity index (χ0) is 22.2. The summed E-state index contributed by atoms with van der Waals surface area (Å²) in [5, 5.41) is 11.2. The Kier molecular flexibility index (Phi) is 5.70. The van der Waals surface area contributed by atoms with Crippen LogP contribution in [-0.2, 0) is 17.8 Å². The Labute approximate surface area is 168 Å². The van der Waals surface area contributed by atoms with Gasteiger partial charge in [-0.05, 0) is 17.7 Å². The van der Waals surface area contributed by atoms with Crippen molar-refractivity contribution in [2.75, 3.05) is 30.0 Å². The average Bonchev–Trinajstić information content (AvgIpc) is 2.66. The number of benzene rings is 2. The molecule has 0 aliphatic heterocycles. The van der Waals surface area contributed by atoms with Crippen LogP contribution in [0.5, 0.6) is 0 Å². The number of fused-ring (bicyclic) bond motifs is 1. The van der Waals surface area contributed by atoms with Crippen LogP contribution < -0.4 is 21.4 Å². The molecule has 3 rings (SSSR count). The average molecular weight is 421 g/mol. The quantitative estimate of drug-likeness (QED) is 0.547. The molecule has 0 radical (unpaired) electrons. The Balaban J connectivity index is 2.02. The van der Waals surface area contributed by atoms with Crippen molar-refractivity contribution in [2.45, 2.75) is 13.0 Å². The minimum absolute atomic E-state index is 0.0706. The molecule has 7 nitrogen and oxygen atoms in total. The highest BCUT2D eigenvalue weighted by molar-refractivity contribution is 5.95. The maximum absolute atomic E-state index is 14.7. The number of carbonyl (C=O) groups excluding carboxylic acids is 1. The number of carbonyl (C=O) groups is 1. The van der Waals surface area contributed by atoms with Gasteiger partial charge in [-0.15, -0.1) is 0 Å². The van der Waals surface area contributed by atoms with Crippen molar-refractivity contribution >= 4 is 34.1 Å². The molecule has 0 aliphatic carbocycles. The van der Waals surface area contributed by atoms with E-state index in [9.17, 15) is 27.9 Å². The fraction of sp³-hybridized carbons (Fsp3) is 0.200. The summed E-state index contributed by atoms with van der Waals surface area (Å²) in [4.78, 5) is 26.0. The second-order valence-electron chi connectivity index (χ2n) is 6.77. The molecule has 1 heterocycles. The predicted octanol–water partition coefficient (Wildman–Crippen LogP) is 2.53. The first-order valence-corrected chi connectivity index (χ1v) is 8.73. The number of hydrogen-bond donors (Lipinski definition) is 3. The van der Waals surface area contributed by atoms with Crippen molar-refractivity contribution in [3.05, 3.63) is 63.1 Å². The van der Waals surface area contributed by atoms with Crippen LogP contribution in [-0.4, -0.2) is 25.1 Å². The van der Waals surface area contributed by atoms with E-state index >= 15 is 0 Å². The lowest BCUT2D eigenvalue weighted by Gasteiger charge is -2.18. The first-order chi connectivity index (χ1) is 14.1. The Morgan fingerprint density at radius 1 is 1.20 bits per heavy atom. The van der Waals surface area contributed by atoms with E-state index in [1.165, 1.54) is 31.1 Å². The van der Waals surface area contributed by atoms with E-state index in [-0.39, 0.29) is 29.1 Å². The van der Waals surface area contributed by atoms with Gasteiger partial charge in [0.15, 0.2) is 22.6 Å². The molecule has 4 N–H and O–H groups in total. The standard InChI is InChI=1S/C20H18F3N3O4/c1-26(2)19-16-13(28)7-15(30-20(16)18(23)10(8-27)17(19)22)25-14(29)6-9-3-4-12(24)11(21)5-9/h3-5,7,27H,6,8,24H2,1-2H3,(H,25,29). The van der Waals surface area contributed by atoms with Gasteiger partial charge >= 0.3 is 0 Å². The van der Waals surface area contributed by atoms with E-state index in [1.807, 2.05) is 0 Å². The van der Waals surface area contributed by atoms with E-state index in [0.717, 1.165) is 12.1 Å². The van der Waals surface area contributed by atoms with Crippen LogP contribution in [0.1, 0.15) is 11.1 Å². The van der Waals surface area contributed by atoms with Crippen molar-refractivity contribution in [3.8, 4) is 0 Å². The molecule has 30 heavy (non-hydrogen) atoms. The highest BCUT2D eigenvalue weighted by atomic mass is 19.1. The smallest absolute Gasteiger partial charge is 0.231 e. The Morgan fingerprint density at radius 2 is 1.90 bits per heavy atom. The Morgan fingerprint density at radius 3 is 2.50 bits per heavy atom. The molecule has 0 bridgehead atoms. The molecular formula is C20H18F3N3O4. The SMILES string of the molecule is CN(C)c1c(F)c(CO)c(F)c2oc(NC(=O)Cc3ccc(N)c(F)c3)cc(=O)c12. The highest BCUT2D eigenvalue weighted by Crippen LogP contribution is 2.33. The molecule has 1 amide bonds. The van der Waals surface area contributed by atoms with Crippen molar-refractivity contribution in [2.24, 2.45) is 0 Å². The van der Waals surface area contributed by atoms with Crippen LogP contribution in [0.3, 0.4) is 0 Å². The molecule has 0 fully saturated rings. The largest absolute Gasteiger partial charge is 0.437 e. The topological polar surface area (TPSA) is 109 Å². The summed E-state index contributed by atoms with van der Waals surface area (Å²) >= 11 is 0. The second kappa shape index (κ2) is 8.07. The molecule has 3 aromatic rings. The maximum atomic E-state index is 14.7. The van der Waals surface area contributed by atoms with Gasteiger partial charge in [0.1, 0.15) is 5.82 Å². The zero-order valence-electron chi connectivity index (χ0n) is 16.1. The summed E-state index contributed by atoms with van der Waals surface area (Å²) in [6.07, 6.45) is -0.268. The first kappa shape index (κ1) is 21.2. The molecule has 0 saturated carbocycles. The lowest BCUT2D eigenvalue weighted by molar-refractivity contribution is -0.115. The summed E-state index contributed by atoms with van der Waals surface area (Å²) in [5.74, 6) is -4.06. The van der Waals surface area contributed by atoms with Crippen molar-refractivity contribution < 1.29 is 27.5 Å². The molecule has 10 heteroatoms. The number of halogens is 3. The number of nitrogens with one attached hydrogen (secondary N) is 1. The third-order valence-corrected chi connectivity index (χ3v) is 4.42. The molecule has 1 aromatic heterocycles. The van der Waals surface area contributed by atoms with Crippen molar-refractivity contribution in [1.82, 2.24) is 0 Å². The number of anilines is 3. The van der Waals surface area contributed by atoms with Crippen LogP contribution >= 0.6 is 0 Å². The fourth-order valence-corrected chi connectivity index (χ4v) is 3.03. The van der Waals surface area contributed by atoms with Gasteiger partial charge < -0.3 is 20.2 Å². The minimum Gasteiger partial charge on any atom is -0.437 e. The molecule has 0 saturated heterocycles. The first-order valence-electron chi connectivity index (χ1n) is 8.73. The third-order valence-electron chi connectivity index (χ3n) is 4.42. The van der Waals surface area contributed by atoms with Gasteiger partial charge in [0.2, 0.25) is 11.8 Å². The number of aliphatic hydroxyl groups excluding tert-OH is 1. The second-order valence-corrected chi connectivity index (χ2v) is 6.77. The number of aliphatic hydroxyl groups is 1. The number of amides is 1. The minimum atomic E-state index is -1.25. The van der Waals surface area contributed by atoms with Gasteiger partial charge in [-0.1, -0.05) is 6.07 Å². The Bertz CT molecular complexity index is 1210. The lowest BCUT2D eigenvalue weighted by atomic mass is 10.1. The predicted molar refractivity (Wildman–Crippen MR) is 106 cm³/mol. The molecule has 2 aromatic carbocycles. The molecule has 0 aliphatic rings. The zero-order valence-corrected chi connectivity index (χ0v) is 16.1. The van der Waals surface area contributed by atoms with Gasteiger partial charge in [0.05, 0.1) is 35.4 Å². The molecule has 0 unspecified atom stereocenters. The molecular weight excluding hydrogens is 403 g/mol. The van der Waals surface area contributed by atoms with E-state index in [0.29, 0.717) is 5.56 Å².